The summed E-state index contributed by atoms with van der Waals surface area (Å²) in [6, 6.07) is 0.472. The average Bonchev–Trinajstić information content (AvgIpc) is 3.30. The summed E-state index contributed by atoms with van der Waals surface area (Å²) >= 11 is 1.99. The van der Waals surface area contributed by atoms with Crippen LogP contribution in [0.15, 0.2) is 22.2 Å². The summed E-state index contributed by atoms with van der Waals surface area (Å²) < 4.78 is 5.26. The van der Waals surface area contributed by atoms with Gasteiger partial charge >= 0.3 is 0 Å². The molecule has 1 aromatic rings. The van der Waals surface area contributed by atoms with Gasteiger partial charge in [-0.25, -0.2) is 4.99 Å². The number of hydrogen-bond acceptors (Lipinski definition) is 5. The lowest BCUT2D eigenvalue weighted by molar-refractivity contribution is 0.374. The number of nitrogens with one attached hydrogen (secondary N) is 2. The van der Waals surface area contributed by atoms with Gasteiger partial charge < -0.3 is 15.2 Å². The Bertz CT molecular complexity index is 520. The fourth-order valence-corrected chi connectivity index (χ4v) is 3.43. The van der Waals surface area contributed by atoms with Crippen molar-refractivity contribution >= 4 is 17.7 Å². The van der Waals surface area contributed by atoms with Crippen molar-refractivity contribution in [1.29, 1.82) is 0 Å². The largest absolute Gasteiger partial charge is 0.353 e. The maximum atomic E-state index is 5.26. The SMILES string of the molecule is C=CCNC(=NCc1nc(C2CC2)no1)NC1CCCSC1. The molecule has 2 heterocycles. The number of aliphatic imine (C=N–C) groups is 1. The van der Waals surface area contributed by atoms with Crippen molar-refractivity contribution in [1.82, 2.24) is 20.8 Å². The Balaban J connectivity index is 1.57. The second-order valence-electron chi connectivity index (χ2n) is 5.71. The molecule has 1 aliphatic heterocycles. The quantitative estimate of drug-likeness (QED) is 0.474. The topological polar surface area (TPSA) is 75.3 Å². The number of rotatable bonds is 6. The molecule has 22 heavy (non-hydrogen) atoms. The lowest BCUT2D eigenvalue weighted by Crippen LogP contribution is -2.45. The third kappa shape index (κ3) is 4.50. The molecule has 0 radical (unpaired) electrons. The minimum Gasteiger partial charge on any atom is -0.353 e. The van der Waals surface area contributed by atoms with E-state index in [1.807, 2.05) is 17.8 Å². The van der Waals surface area contributed by atoms with Gasteiger partial charge in [0.1, 0.15) is 6.54 Å². The third-order valence-corrected chi connectivity index (χ3v) is 4.93. The average molecular weight is 321 g/mol. The van der Waals surface area contributed by atoms with Gasteiger partial charge in [-0.05, 0) is 31.4 Å². The Morgan fingerprint density at radius 1 is 1.45 bits per heavy atom. The Kier molecular flexibility index (Phi) is 5.37. The zero-order valence-electron chi connectivity index (χ0n) is 12.8. The van der Waals surface area contributed by atoms with Gasteiger partial charge in [0.25, 0.3) is 0 Å². The lowest BCUT2D eigenvalue weighted by atomic mass is 10.2. The number of guanidine groups is 1. The van der Waals surface area contributed by atoms with Crippen LogP contribution in [0.1, 0.15) is 43.3 Å². The molecule has 1 aliphatic carbocycles. The Hall–Kier alpha value is -1.50. The molecule has 3 rings (SSSR count). The Morgan fingerprint density at radius 3 is 3.09 bits per heavy atom. The normalized spacial score (nSPS) is 22.4. The molecule has 1 atom stereocenters. The van der Waals surface area contributed by atoms with E-state index in [4.69, 9.17) is 4.52 Å². The van der Waals surface area contributed by atoms with Crippen LogP contribution in [-0.4, -0.2) is 40.2 Å². The highest BCUT2D eigenvalue weighted by molar-refractivity contribution is 7.99. The first-order chi connectivity index (χ1) is 10.8. The first-order valence-corrected chi connectivity index (χ1v) is 9.06. The van der Waals surface area contributed by atoms with Crippen LogP contribution >= 0.6 is 11.8 Å². The highest BCUT2D eigenvalue weighted by Crippen LogP contribution is 2.38. The molecule has 1 saturated heterocycles. The van der Waals surface area contributed by atoms with Gasteiger partial charge in [0.2, 0.25) is 5.89 Å². The van der Waals surface area contributed by atoms with Gasteiger partial charge in [-0.3, -0.25) is 0 Å². The second-order valence-corrected chi connectivity index (χ2v) is 6.86. The predicted molar refractivity (Wildman–Crippen MR) is 89.1 cm³/mol. The molecule has 120 valence electrons. The fourth-order valence-electron chi connectivity index (χ4n) is 2.36. The van der Waals surface area contributed by atoms with E-state index in [0.717, 1.165) is 17.5 Å². The van der Waals surface area contributed by atoms with Crippen LogP contribution in [-0.2, 0) is 6.54 Å². The first kappa shape index (κ1) is 15.4. The van der Waals surface area contributed by atoms with Crippen molar-refractivity contribution < 1.29 is 4.52 Å². The van der Waals surface area contributed by atoms with Crippen molar-refractivity contribution in [2.45, 2.75) is 44.2 Å². The molecule has 1 aromatic heterocycles. The van der Waals surface area contributed by atoms with Crippen molar-refractivity contribution in [3.63, 3.8) is 0 Å². The van der Waals surface area contributed by atoms with Crippen LogP contribution in [0.2, 0.25) is 0 Å². The van der Waals surface area contributed by atoms with E-state index in [1.165, 1.54) is 31.4 Å². The summed E-state index contributed by atoms with van der Waals surface area (Å²) in [6.45, 7) is 4.83. The highest BCUT2D eigenvalue weighted by atomic mass is 32.2. The lowest BCUT2D eigenvalue weighted by Gasteiger charge is -2.24. The Morgan fingerprint density at radius 2 is 2.36 bits per heavy atom. The van der Waals surface area contributed by atoms with E-state index < -0.39 is 0 Å². The maximum Gasteiger partial charge on any atom is 0.248 e. The third-order valence-electron chi connectivity index (χ3n) is 3.71. The van der Waals surface area contributed by atoms with Crippen LogP contribution in [0.5, 0.6) is 0 Å². The van der Waals surface area contributed by atoms with Crippen molar-refractivity contribution in [2.24, 2.45) is 4.99 Å². The number of hydrogen-bond donors (Lipinski definition) is 2. The molecule has 0 bridgehead atoms. The standard InChI is InChI=1S/C15H23N5OS/c1-2-7-16-15(18-12-4-3-8-22-10-12)17-9-13-19-14(20-21-13)11-5-6-11/h2,11-12H,1,3-10H2,(H2,16,17,18). The molecule has 2 aliphatic rings. The maximum absolute atomic E-state index is 5.26. The molecule has 2 N–H and O–H groups in total. The summed E-state index contributed by atoms with van der Waals surface area (Å²) in [5, 5.41) is 10.8. The van der Waals surface area contributed by atoms with E-state index in [9.17, 15) is 0 Å². The van der Waals surface area contributed by atoms with E-state index >= 15 is 0 Å². The summed E-state index contributed by atoms with van der Waals surface area (Å²) in [7, 11) is 0. The summed E-state index contributed by atoms with van der Waals surface area (Å²) in [4.78, 5) is 8.97. The van der Waals surface area contributed by atoms with Crippen LogP contribution in [0.4, 0.5) is 0 Å². The molecule has 0 aromatic carbocycles. The smallest absolute Gasteiger partial charge is 0.248 e. The number of thioether (sulfide) groups is 1. The molecule has 7 heteroatoms. The van der Waals surface area contributed by atoms with Gasteiger partial charge in [-0.2, -0.15) is 16.7 Å². The summed E-state index contributed by atoms with van der Waals surface area (Å²) in [5.74, 6) is 5.11. The number of aromatic nitrogens is 2. The molecule has 1 saturated carbocycles. The monoisotopic (exact) mass is 321 g/mol. The van der Waals surface area contributed by atoms with E-state index in [0.29, 0.717) is 30.9 Å². The fraction of sp³-hybridized carbons (Fsp3) is 0.667. The zero-order chi connectivity index (χ0) is 15.2. The van der Waals surface area contributed by atoms with E-state index in [2.05, 4.69) is 32.3 Å². The van der Waals surface area contributed by atoms with Crippen LogP contribution in [0, 0.1) is 0 Å². The van der Waals surface area contributed by atoms with Crippen molar-refractivity contribution in [3.8, 4) is 0 Å². The number of nitrogens with zero attached hydrogens (tertiary/aromatic N) is 3. The molecule has 6 nitrogen and oxygen atoms in total. The molecule has 1 unspecified atom stereocenters. The van der Waals surface area contributed by atoms with Gasteiger partial charge in [-0.15, -0.1) is 6.58 Å². The Labute approximate surface area is 135 Å². The summed E-state index contributed by atoms with van der Waals surface area (Å²) in [6.07, 6.45) is 6.62. The minimum atomic E-state index is 0.409. The van der Waals surface area contributed by atoms with Gasteiger partial charge in [0.15, 0.2) is 11.8 Å². The first-order valence-electron chi connectivity index (χ1n) is 7.91. The van der Waals surface area contributed by atoms with E-state index in [1.54, 1.807) is 0 Å². The van der Waals surface area contributed by atoms with Crippen molar-refractivity contribution in [3.05, 3.63) is 24.4 Å². The molecule has 2 fully saturated rings. The molecular formula is C15H23N5OS. The van der Waals surface area contributed by atoms with Gasteiger partial charge in [0.05, 0.1) is 0 Å². The molecule has 0 amide bonds. The van der Waals surface area contributed by atoms with Crippen LogP contribution in [0.3, 0.4) is 0 Å². The van der Waals surface area contributed by atoms with Crippen molar-refractivity contribution in [2.75, 3.05) is 18.1 Å². The van der Waals surface area contributed by atoms with Gasteiger partial charge in [0, 0.05) is 24.3 Å². The highest BCUT2D eigenvalue weighted by Gasteiger charge is 2.28. The second kappa shape index (κ2) is 7.67. The van der Waals surface area contributed by atoms with E-state index in [-0.39, 0.29) is 0 Å². The summed E-state index contributed by atoms with van der Waals surface area (Å²) in [5.41, 5.74) is 0. The van der Waals surface area contributed by atoms with Gasteiger partial charge in [-0.1, -0.05) is 11.2 Å². The molecule has 0 spiro atoms. The minimum absolute atomic E-state index is 0.409. The molecular weight excluding hydrogens is 298 g/mol. The zero-order valence-corrected chi connectivity index (χ0v) is 13.6. The van der Waals surface area contributed by atoms with Crippen LogP contribution < -0.4 is 10.6 Å². The van der Waals surface area contributed by atoms with Crippen LogP contribution in [0.25, 0.3) is 0 Å². The predicted octanol–water partition coefficient (Wildman–Crippen LogP) is 2.06.